The minimum absolute atomic E-state index is 0.100. The minimum Gasteiger partial charge on any atom is -0.481 e. The maximum atomic E-state index is 10.5. The molecule has 0 aliphatic heterocycles. The van der Waals surface area contributed by atoms with E-state index in [0.29, 0.717) is 12.8 Å². The number of carbonyl (C=O) groups is 1. The van der Waals surface area contributed by atoms with E-state index in [1.165, 1.54) is 0 Å². The molecule has 100 valence electrons. The van der Waals surface area contributed by atoms with Gasteiger partial charge in [-0.15, -0.1) is 0 Å². The lowest BCUT2D eigenvalue weighted by Gasteiger charge is -2.12. The lowest BCUT2D eigenvalue weighted by molar-refractivity contribution is -0.137. The number of nitrogens with zero attached hydrogens (tertiary/aromatic N) is 1. The largest absolute Gasteiger partial charge is 0.481 e. The Kier molecular flexibility index (Phi) is 4.50. The average Bonchev–Trinajstić information content (AvgIpc) is 2.40. The summed E-state index contributed by atoms with van der Waals surface area (Å²) >= 11 is 3.50. The molecule has 1 unspecified atom stereocenters. The highest BCUT2D eigenvalue weighted by Gasteiger charge is 2.11. The second-order valence-electron chi connectivity index (χ2n) is 4.50. The Morgan fingerprint density at radius 2 is 2.21 bits per heavy atom. The van der Waals surface area contributed by atoms with Crippen molar-refractivity contribution in [2.45, 2.75) is 25.3 Å². The summed E-state index contributed by atoms with van der Waals surface area (Å²) in [4.78, 5) is 14.9. The molecular formula is C14H15BrN2O2. The zero-order valence-corrected chi connectivity index (χ0v) is 11.9. The third-order valence-electron chi connectivity index (χ3n) is 3.01. The van der Waals surface area contributed by atoms with Crippen LogP contribution in [-0.4, -0.2) is 22.1 Å². The number of fused-ring (bicyclic) bond motifs is 1. The molecule has 0 saturated carbocycles. The lowest BCUT2D eigenvalue weighted by atomic mass is 10.00. The molecule has 1 heterocycles. The highest BCUT2D eigenvalue weighted by molar-refractivity contribution is 9.10. The van der Waals surface area contributed by atoms with Crippen LogP contribution in [0.15, 0.2) is 34.9 Å². The number of carboxylic acids is 1. The van der Waals surface area contributed by atoms with Crippen LogP contribution in [0.4, 0.5) is 0 Å². The van der Waals surface area contributed by atoms with Gasteiger partial charge in [0, 0.05) is 28.5 Å². The van der Waals surface area contributed by atoms with Gasteiger partial charge in [-0.3, -0.25) is 9.78 Å². The van der Waals surface area contributed by atoms with Crippen LogP contribution in [0.3, 0.4) is 0 Å². The molecule has 0 fully saturated rings. The number of hydrogen-bond donors (Lipinski definition) is 2. The van der Waals surface area contributed by atoms with E-state index < -0.39 is 5.97 Å². The van der Waals surface area contributed by atoms with Crippen LogP contribution < -0.4 is 5.73 Å². The number of aliphatic carboxylic acids is 1. The molecule has 0 radical (unpaired) electrons. The first kappa shape index (κ1) is 14.0. The monoisotopic (exact) mass is 322 g/mol. The molecule has 4 nitrogen and oxygen atoms in total. The van der Waals surface area contributed by atoms with Gasteiger partial charge in [0.2, 0.25) is 0 Å². The molecule has 3 N–H and O–H groups in total. The summed E-state index contributed by atoms with van der Waals surface area (Å²) in [6.07, 6.45) is 2.96. The Bertz CT molecular complexity index is 601. The molecule has 1 atom stereocenters. The van der Waals surface area contributed by atoms with E-state index in [9.17, 15) is 4.79 Å². The molecule has 0 saturated heterocycles. The quantitative estimate of drug-likeness (QED) is 0.887. The number of carboxylic acid groups (broad SMARTS) is 1. The van der Waals surface area contributed by atoms with Gasteiger partial charge in [0.25, 0.3) is 0 Å². The van der Waals surface area contributed by atoms with E-state index in [4.69, 9.17) is 10.8 Å². The van der Waals surface area contributed by atoms with E-state index >= 15 is 0 Å². The molecule has 0 spiro atoms. The Labute approximate surface area is 119 Å². The second kappa shape index (κ2) is 6.12. The SMILES string of the molecule is NC(CCC(=O)O)Cc1ccc(Br)c2cccnc12. The fraction of sp³-hybridized carbons (Fsp3) is 0.286. The number of benzene rings is 1. The van der Waals surface area contributed by atoms with Gasteiger partial charge in [-0.05, 0) is 30.5 Å². The predicted octanol–water partition coefficient (Wildman–Crippen LogP) is 2.73. The zero-order chi connectivity index (χ0) is 13.8. The molecule has 0 bridgehead atoms. The highest BCUT2D eigenvalue weighted by Crippen LogP contribution is 2.26. The lowest BCUT2D eigenvalue weighted by Crippen LogP contribution is -2.24. The fourth-order valence-electron chi connectivity index (χ4n) is 2.05. The molecule has 5 heteroatoms. The van der Waals surface area contributed by atoms with E-state index in [0.717, 1.165) is 20.9 Å². The maximum Gasteiger partial charge on any atom is 0.303 e. The van der Waals surface area contributed by atoms with Crippen LogP contribution >= 0.6 is 15.9 Å². The van der Waals surface area contributed by atoms with Crippen molar-refractivity contribution in [2.24, 2.45) is 5.73 Å². The molecule has 2 rings (SSSR count). The van der Waals surface area contributed by atoms with Gasteiger partial charge in [0.05, 0.1) is 5.52 Å². The van der Waals surface area contributed by atoms with Crippen LogP contribution in [-0.2, 0) is 11.2 Å². The topological polar surface area (TPSA) is 76.2 Å². The molecule has 0 amide bonds. The fourth-order valence-corrected chi connectivity index (χ4v) is 2.51. The van der Waals surface area contributed by atoms with Gasteiger partial charge in [-0.1, -0.05) is 28.1 Å². The van der Waals surface area contributed by atoms with Crippen molar-refractivity contribution in [3.8, 4) is 0 Å². The summed E-state index contributed by atoms with van der Waals surface area (Å²) in [7, 11) is 0. The van der Waals surface area contributed by atoms with Crippen molar-refractivity contribution in [1.29, 1.82) is 0 Å². The van der Waals surface area contributed by atoms with Crippen LogP contribution in [0.1, 0.15) is 18.4 Å². The molecule has 1 aromatic carbocycles. The number of nitrogens with two attached hydrogens (primary N) is 1. The van der Waals surface area contributed by atoms with E-state index in [-0.39, 0.29) is 12.5 Å². The van der Waals surface area contributed by atoms with Gasteiger partial charge >= 0.3 is 5.97 Å². The summed E-state index contributed by atoms with van der Waals surface area (Å²) in [6.45, 7) is 0. The van der Waals surface area contributed by atoms with Crippen molar-refractivity contribution in [1.82, 2.24) is 4.98 Å². The summed E-state index contributed by atoms with van der Waals surface area (Å²) < 4.78 is 0.999. The standard InChI is InChI=1S/C14H15BrN2O2/c15-12-5-3-9(8-10(16)4-6-13(18)19)14-11(12)2-1-7-17-14/h1-3,5,7,10H,4,6,8,16H2,(H,18,19). The molecule has 2 aromatic rings. The minimum atomic E-state index is -0.811. The summed E-state index contributed by atoms with van der Waals surface area (Å²) in [6, 6.07) is 7.69. The zero-order valence-electron chi connectivity index (χ0n) is 10.3. The molecule has 0 aliphatic rings. The Morgan fingerprint density at radius 3 is 2.95 bits per heavy atom. The van der Waals surface area contributed by atoms with Crippen LogP contribution in [0.2, 0.25) is 0 Å². The van der Waals surface area contributed by atoms with Crippen molar-refractivity contribution in [3.63, 3.8) is 0 Å². The van der Waals surface area contributed by atoms with E-state index in [1.807, 2.05) is 24.3 Å². The first-order valence-corrected chi connectivity index (χ1v) is 6.86. The third-order valence-corrected chi connectivity index (χ3v) is 3.70. The van der Waals surface area contributed by atoms with Crippen molar-refractivity contribution in [2.75, 3.05) is 0 Å². The van der Waals surface area contributed by atoms with E-state index in [2.05, 4.69) is 20.9 Å². The maximum absolute atomic E-state index is 10.5. The molecule has 19 heavy (non-hydrogen) atoms. The Hall–Kier alpha value is -1.46. The molecule has 1 aromatic heterocycles. The van der Waals surface area contributed by atoms with Gasteiger partial charge in [-0.25, -0.2) is 0 Å². The van der Waals surface area contributed by atoms with Crippen LogP contribution in [0.5, 0.6) is 0 Å². The molecule has 0 aliphatic carbocycles. The van der Waals surface area contributed by atoms with Crippen molar-refractivity contribution >= 4 is 32.8 Å². The highest BCUT2D eigenvalue weighted by atomic mass is 79.9. The normalized spacial score (nSPS) is 12.5. The summed E-state index contributed by atoms with van der Waals surface area (Å²) in [5.41, 5.74) is 7.95. The summed E-state index contributed by atoms with van der Waals surface area (Å²) in [5, 5.41) is 9.71. The molecular weight excluding hydrogens is 308 g/mol. The van der Waals surface area contributed by atoms with Gasteiger partial charge < -0.3 is 10.8 Å². The van der Waals surface area contributed by atoms with Gasteiger partial charge in [0.1, 0.15) is 0 Å². The Balaban J connectivity index is 2.21. The number of aromatic nitrogens is 1. The predicted molar refractivity (Wildman–Crippen MR) is 78.0 cm³/mol. The first-order chi connectivity index (χ1) is 9.08. The van der Waals surface area contributed by atoms with E-state index in [1.54, 1.807) is 6.20 Å². The Morgan fingerprint density at radius 1 is 1.42 bits per heavy atom. The number of halogens is 1. The van der Waals surface area contributed by atoms with Crippen LogP contribution in [0.25, 0.3) is 10.9 Å². The summed E-state index contributed by atoms with van der Waals surface area (Å²) in [5.74, 6) is -0.811. The second-order valence-corrected chi connectivity index (χ2v) is 5.36. The number of hydrogen-bond acceptors (Lipinski definition) is 3. The third kappa shape index (κ3) is 3.52. The first-order valence-electron chi connectivity index (χ1n) is 6.07. The van der Waals surface area contributed by atoms with Gasteiger partial charge in [-0.2, -0.15) is 0 Å². The number of rotatable bonds is 5. The van der Waals surface area contributed by atoms with Crippen molar-refractivity contribution < 1.29 is 9.90 Å². The van der Waals surface area contributed by atoms with Crippen LogP contribution in [0, 0.1) is 0 Å². The number of pyridine rings is 1. The van der Waals surface area contributed by atoms with Gasteiger partial charge in [0.15, 0.2) is 0 Å². The van der Waals surface area contributed by atoms with Crippen molar-refractivity contribution in [3.05, 3.63) is 40.5 Å². The average molecular weight is 323 g/mol. The smallest absolute Gasteiger partial charge is 0.303 e.